The average Bonchev–Trinajstić information content (AvgIpc) is 3.33. The monoisotopic (exact) mass is 520 g/mol. The van der Waals surface area contributed by atoms with Crippen molar-refractivity contribution in [3.8, 4) is 16.3 Å². The molecule has 0 amide bonds. The van der Waals surface area contributed by atoms with E-state index in [-0.39, 0.29) is 18.1 Å². The van der Waals surface area contributed by atoms with Crippen LogP contribution in [0.5, 0.6) is 5.75 Å². The van der Waals surface area contributed by atoms with Gasteiger partial charge in [0, 0.05) is 24.8 Å². The Balaban J connectivity index is 1.51. The summed E-state index contributed by atoms with van der Waals surface area (Å²) in [6.07, 6.45) is -2.83. The van der Waals surface area contributed by atoms with Crippen molar-refractivity contribution >= 4 is 28.2 Å². The Hall–Kier alpha value is -3.40. The molecule has 2 aromatic heterocycles. The van der Waals surface area contributed by atoms with Gasteiger partial charge in [-0.25, -0.2) is 9.37 Å². The maximum Gasteiger partial charge on any atom is 0.419 e. The van der Waals surface area contributed by atoms with E-state index >= 15 is 0 Å². The van der Waals surface area contributed by atoms with E-state index in [2.05, 4.69) is 4.98 Å². The number of esters is 1. The van der Waals surface area contributed by atoms with Crippen LogP contribution in [0.15, 0.2) is 48.7 Å². The predicted molar refractivity (Wildman–Crippen MR) is 129 cm³/mol. The van der Waals surface area contributed by atoms with E-state index in [1.54, 1.807) is 6.92 Å². The van der Waals surface area contributed by atoms with Gasteiger partial charge < -0.3 is 14.0 Å². The van der Waals surface area contributed by atoms with Crippen LogP contribution in [-0.4, -0.2) is 21.1 Å². The highest BCUT2D eigenvalue weighted by Gasteiger charge is 2.34. The van der Waals surface area contributed by atoms with Crippen LogP contribution in [0.25, 0.3) is 21.5 Å². The Morgan fingerprint density at radius 3 is 2.53 bits per heavy atom. The molecule has 0 aliphatic carbocycles. The number of ether oxygens (including phenoxy) is 2. The topological polar surface area (TPSA) is 53.4 Å². The van der Waals surface area contributed by atoms with Gasteiger partial charge in [0.2, 0.25) is 0 Å². The molecule has 0 spiro atoms. The Morgan fingerprint density at radius 2 is 1.86 bits per heavy atom. The van der Waals surface area contributed by atoms with Crippen LogP contribution in [0, 0.1) is 12.7 Å². The van der Waals surface area contributed by atoms with Gasteiger partial charge in [-0.15, -0.1) is 11.3 Å². The van der Waals surface area contributed by atoms with Gasteiger partial charge in [-0.2, -0.15) is 13.2 Å². The second kappa shape index (κ2) is 9.57. The fourth-order valence-corrected chi connectivity index (χ4v) is 4.91. The summed E-state index contributed by atoms with van der Waals surface area (Å²) in [5, 5.41) is 1.41. The normalized spacial score (nSPS) is 12.2. The van der Waals surface area contributed by atoms with Gasteiger partial charge in [0.25, 0.3) is 0 Å². The van der Waals surface area contributed by atoms with Gasteiger partial charge in [0.15, 0.2) is 0 Å². The number of hydrogen-bond acceptors (Lipinski definition) is 5. The molecule has 4 aromatic rings. The number of aryl methyl sites for hydroxylation is 1. The molecule has 0 radical (unpaired) electrons. The summed E-state index contributed by atoms with van der Waals surface area (Å²) in [4.78, 5) is 16.6. The second-order valence-electron chi connectivity index (χ2n) is 9.03. The van der Waals surface area contributed by atoms with Crippen molar-refractivity contribution < 1.29 is 31.8 Å². The molecule has 0 N–H and O–H groups in total. The number of thiazole rings is 1. The molecule has 190 valence electrons. The summed E-state index contributed by atoms with van der Waals surface area (Å²) in [5.74, 6) is -1.07. The van der Waals surface area contributed by atoms with Gasteiger partial charge in [-0.3, -0.25) is 4.79 Å². The maximum absolute atomic E-state index is 14.0. The van der Waals surface area contributed by atoms with Gasteiger partial charge >= 0.3 is 12.1 Å². The summed E-state index contributed by atoms with van der Waals surface area (Å²) < 4.78 is 66.0. The molecule has 0 saturated carbocycles. The first-order chi connectivity index (χ1) is 16.8. The van der Waals surface area contributed by atoms with Gasteiger partial charge in [0.05, 0.1) is 28.2 Å². The smallest absolute Gasteiger partial charge is 0.419 e. The van der Waals surface area contributed by atoms with E-state index in [0.717, 1.165) is 27.9 Å². The molecular formula is C26H24F4N2O3S. The van der Waals surface area contributed by atoms with Crippen LogP contribution in [0.3, 0.4) is 0 Å². The highest BCUT2D eigenvalue weighted by molar-refractivity contribution is 7.15. The van der Waals surface area contributed by atoms with Crippen molar-refractivity contribution in [1.29, 1.82) is 0 Å². The highest BCUT2D eigenvalue weighted by atomic mass is 32.1. The summed E-state index contributed by atoms with van der Waals surface area (Å²) in [6.45, 7) is 7.48. The zero-order valence-electron chi connectivity index (χ0n) is 20.1. The summed E-state index contributed by atoms with van der Waals surface area (Å²) in [7, 11) is 0. The maximum atomic E-state index is 14.0. The van der Waals surface area contributed by atoms with Crippen molar-refractivity contribution in [2.75, 3.05) is 0 Å². The Bertz CT molecular complexity index is 1420. The number of alkyl halides is 3. The number of rotatable bonds is 7. The minimum atomic E-state index is -4.75. The Morgan fingerprint density at radius 1 is 1.11 bits per heavy atom. The highest BCUT2D eigenvalue weighted by Crippen LogP contribution is 2.35. The first-order valence-electron chi connectivity index (χ1n) is 11.1. The lowest BCUT2D eigenvalue weighted by Crippen LogP contribution is -2.32. The molecule has 0 saturated heterocycles. The molecular weight excluding hydrogens is 496 g/mol. The molecule has 0 fully saturated rings. The second-order valence-corrected chi connectivity index (χ2v) is 10.1. The van der Waals surface area contributed by atoms with Crippen LogP contribution in [-0.2, 0) is 28.9 Å². The lowest BCUT2D eigenvalue weighted by Gasteiger charge is -2.25. The number of carbonyl (C=O) groups excluding carboxylic acids is 1. The standard InChI is InChI=1S/C26H24F4N2O3S/c1-15-23(36-24(31-15)18-6-8-20(21(27)11-18)26(28,29)30)13-34-19-7-5-17-9-10-32(22(17)12-19)14-25(3,4)35-16(2)33/h5-12H,13-14H2,1-4H3. The van der Waals surface area contributed by atoms with E-state index in [4.69, 9.17) is 9.47 Å². The lowest BCUT2D eigenvalue weighted by molar-refractivity contribution is -0.154. The van der Waals surface area contributed by atoms with E-state index in [9.17, 15) is 22.4 Å². The van der Waals surface area contributed by atoms with Gasteiger partial charge in [0.1, 0.15) is 28.8 Å². The number of nitrogens with zero attached hydrogens (tertiary/aromatic N) is 2. The molecule has 2 aromatic carbocycles. The van der Waals surface area contributed by atoms with Crippen LogP contribution >= 0.6 is 11.3 Å². The zero-order chi connectivity index (χ0) is 26.3. The molecule has 0 aliphatic heterocycles. The van der Waals surface area contributed by atoms with E-state index in [1.807, 2.05) is 48.9 Å². The van der Waals surface area contributed by atoms with Crippen LogP contribution in [0.1, 0.15) is 36.9 Å². The predicted octanol–water partition coefficient (Wildman–Crippen LogP) is 7.15. The van der Waals surface area contributed by atoms with Crippen molar-refractivity contribution in [3.05, 3.63) is 70.6 Å². The zero-order valence-corrected chi connectivity index (χ0v) is 20.9. The Kier molecular flexibility index (Phi) is 6.83. The number of hydrogen-bond donors (Lipinski definition) is 0. The Labute approximate surface area is 209 Å². The van der Waals surface area contributed by atoms with E-state index in [1.165, 1.54) is 24.3 Å². The number of carbonyl (C=O) groups is 1. The molecule has 0 bridgehead atoms. The van der Waals surface area contributed by atoms with Crippen LogP contribution in [0.2, 0.25) is 0 Å². The molecule has 0 aliphatic rings. The number of halogens is 4. The molecule has 36 heavy (non-hydrogen) atoms. The fourth-order valence-electron chi connectivity index (χ4n) is 3.94. The van der Waals surface area contributed by atoms with E-state index in [0.29, 0.717) is 23.0 Å². The summed E-state index contributed by atoms with van der Waals surface area (Å²) in [6, 6.07) is 10.4. The molecule has 10 heteroatoms. The minimum Gasteiger partial charge on any atom is -0.488 e. The summed E-state index contributed by atoms with van der Waals surface area (Å²) in [5.41, 5.74) is -0.158. The van der Waals surface area contributed by atoms with Gasteiger partial charge in [-0.1, -0.05) is 6.07 Å². The van der Waals surface area contributed by atoms with E-state index < -0.39 is 23.2 Å². The molecule has 4 rings (SSSR count). The number of benzene rings is 2. The molecule has 0 unspecified atom stereocenters. The first-order valence-corrected chi connectivity index (χ1v) is 11.9. The lowest BCUT2D eigenvalue weighted by atomic mass is 10.1. The van der Waals surface area contributed by atoms with Crippen LogP contribution in [0.4, 0.5) is 17.6 Å². The SMILES string of the molecule is CC(=O)OC(C)(C)Cn1ccc2ccc(OCc3sc(-c4ccc(C(F)(F)F)c(F)c4)nc3C)cc21. The minimum absolute atomic E-state index is 0.192. The number of aromatic nitrogens is 2. The average molecular weight is 521 g/mol. The summed E-state index contributed by atoms with van der Waals surface area (Å²) >= 11 is 1.24. The first kappa shape index (κ1) is 25.7. The van der Waals surface area contributed by atoms with Crippen LogP contribution < -0.4 is 4.74 Å². The quantitative estimate of drug-likeness (QED) is 0.192. The van der Waals surface area contributed by atoms with Gasteiger partial charge in [-0.05, 0) is 56.5 Å². The largest absolute Gasteiger partial charge is 0.488 e. The third-order valence-electron chi connectivity index (χ3n) is 5.50. The third-order valence-corrected chi connectivity index (χ3v) is 6.68. The van der Waals surface area contributed by atoms with Crippen molar-refractivity contribution in [1.82, 2.24) is 9.55 Å². The fraction of sp³-hybridized carbons (Fsp3) is 0.308. The van der Waals surface area contributed by atoms with Crippen molar-refractivity contribution in [2.45, 2.75) is 52.6 Å². The van der Waals surface area contributed by atoms with Crippen molar-refractivity contribution in [3.63, 3.8) is 0 Å². The molecule has 2 heterocycles. The van der Waals surface area contributed by atoms with Crippen molar-refractivity contribution in [2.24, 2.45) is 0 Å². The third kappa shape index (κ3) is 5.70. The molecule has 5 nitrogen and oxygen atoms in total. The number of fused-ring (bicyclic) bond motifs is 1. The molecule has 0 atom stereocenters.